The molecule has 0 unspecified atom stereocenters. The van der Waals surface area contributed by atoms with E-state index in [4.69, 9.17) is 0 Å². The van der Waals surface area contributed by atoms with Gasteiger partial charge in [0.15, 0.2) is 9.84 Å². The van der Waals surface area contributed by atoms with Gasteiger partial charge in [-0.25, -0.2) is 8.42 Å². The van der Waals surface area contributed by atoms with Crippen molar-refractivity contribution >= 4 is 15.7 Å². The van der Waals surface area contributed by atoms with Crippen molar-refractivity contribution in [3.05, 3.63) is 35.9 Å². The van der Waals surface area contributed by atoms with E-state index < -0.39 is 9.84 Å². The van der Waals surface area contributed by atoms with E-state index in [1.54, 1.807) is 0 Å². The summed E-state index contributed by atoms with van der Waals surface area (Å²) in [5.74, 6) is 0.650. The number of hydrogen-bond donors (Lipinski definition) is 1. The lowest BCUT2D eigenvalue weighted by molar-refractivity contribution is -0.122. The Balaban J connectivity index is 1.80. The predicted octanol–water partition coefficient (Wildman–Crippen LogP) is 1.42. The van der Waals surface area contributed by atoms with Crippen LogP contribution in [0, 0.1) is 0 Å². The Kier molecular flexibility index (Phi) is 6.18. The third kappa shape index (κ3) is 5.32. The van der Waals surface area contributed by atoms with Gasteiger partial charge in [-0.2, -0.15) is 0 Å². The first-order chi connectivity index (χ1) is 10.9. The number of nitrogens with zero attached hydrogens (tertiary/aromatic N) is 1. The van der Waals surface area contributed by atoms with Gasteiger partial charge in [0.05, 0.1) is 18.1 Å². The second-order valence-corrected chi connectivity index (χ2v) is 8.52. The van der Waals surface area contributed by atoms with Gasteiger partial charge >= 0.3 is 0 Å². The summed E-state index contributed by atoms with van der Waals surface area (Å²) in [6, 6.07) is 10.1. The van der Waals surface area contributed by atoms with Gasteiger partial charge in [-0.3, -0.25) is 9.69 Å². The van der Waals surface area contributed by atoms with Gasteiger partial charge in [0.1, 0.15) is 0 Å². The molecule has 1 aliphatic rings. The minimum atomic E-state index is -2.92. The molecule has 2 rings (SSSR count). The summed E-state index contributed by atoms with van der Waals surface area (Å²) in [5.41, 5.74) is 1.23. The molecule has 0 radical (unpaired) electrons. The number of rotatable bonds is 7. The predicted molar refractivity (Wildman–Crippen MR) is 92.2 cm³/mol. The molecule has 0 bridgehead atoms. The molecule has 0 saturated carbocycles. The first kappa shape index (κ1) is 17.9. The Morgan fingerprint density at radius 1 is 1.35 bits per heavy atom. The average Bonchev–Trinajstić information content (AvgIpc) is 2.89. The number of likely N-dealkylation sites (N-methyl/N-ethyl adjacent to an activating group) is 1. The van der Waals surface area contributed by atoms with Crippen LogP contribution in [-0.2, 0) is 14.6 Å². The number of carbonyl (C=O) groups excluding carboxylic acids is 1. The van der Waals surface area contributed by atoms with Crippen molar-refractivity contribution < 1.29 is 13.2 Å². The second-order valence-electron chi connectivity index (χ2n) is 6.29. The van der Waals surface area contributed by atoms with Crippen LogP contribution in [0.3, 0.4) is 0 Å². The van der Waals surface area contributed by atoms with Crippen molar-refractivity contribution in [1.82, 2.24) is 10.2 Å². The molecular weight excluding hydrogens is 312 g/mol. The number of carbonyl (C=O) groups is 1. The fourth-order valence-electron chi connectivity index (χ4n) is 2.99. The third-order valence-electron chi connectivity index (χ3n) is 4.53. The molecule has 23 heavy (non-hydrogen) atoms. The maximum atomic E-state index is 12.1. The Morgan fingerprint density at radius 2 is 2.04 bits per heavy atom. The fourth-order valence-corrected chi connectivity index (χ4v) is 4.80. The lowest BCUT2D eigenvalue weighted by Crippen LogP contribution is -2.42. The van der Waals surface area contributed by atoms with Gasteiger partial charge in [-0.05, 0) is 25.5 Å². The summed E-state index contributed by atoms with van der Waals surface area (Å²) in [6.07, 6.45) is 1.58. The third-order valence-corrected chi connectivity index (χ3v) is 6.28. The van der Waals surface area contributed by atoms with Crippen LogP contribution in [0.25, 0.3) is 0 Å². The molecule has 5 nitrogen and oxygen atoms in total. The summed E-state index contributed by atoms with van der Waals surface area (Å²) in [4.78, 5) is 14.0. The van der Waals surface area contributed by atoms with Crippen LogP contribution in [0.15, 0.2) is 30.3 Å². The van der Waals surface area contributed by atoms with Gasteiger partial charge in [0.25, 0.3) is 0 Å². The van der Waals surface area contributed by atoms with Crippen LogP contribution in [0.5, 0.6) is 0 Å². The van der Waals surface area contributed by atoms with Gasteiger partial charge in [-0.15, -0.1) is 0 Å². The fraction of sp³-hybridized carbons (Fsp3) is 0.588. The molecule has 1 saturated heterocycles. The van der Waals surface area contributed by atoms with E-state index >= 15 is 0 Å². The monoisotopic (exact) mass is 338 g/mol. The number of nitrogens with one attached hydrogen (secondary N) is 1. The summed E-state index contributed by atoms with van der Waals surface area (Å²) < 4.78 is 23.0. The lowest BCUT2D eigenvalue weighted by Gasteiger charge is -2.23. The SMILES string of the molecule is CC[C@H](CNC(=O)CN(C)[C@@H]1CCS(=O)(=O)C1)c1ccccc1. The van der Waals surface area contributed by atoms with Crippen LogP contribution in [0.4, 0.5) is 0 Å². The minimum Gasteiger partial charge on any atom is -0.354 e. The van der Waals surface area contributed by atoms with Crippen molar-refractivity contribution in [2.24, 2.45) is 0 Å². The molecule has 1 fully saturated rings. The van der Waals surface area contributed by atoms with E-state index in [1.165, 1.54) is 5.56 Å². The summed E-state index contributed by atoms with van der Waals surface area (Å²) >= 11 is 0. The molecule has 0 aliphatic carbocycles. The highest BCUT2D eigenvalue weighted by molar-refractivity contribution is 7.91. The molecule has 1 amide bonds. The summed E-state index contributed by atoms with van der Waals surface area (Å²) in [5, 5.41) is 2.98. The van der Waals surface area contributed by atoms with Crippen molar-refractivity contribution in [3.63, 3.8) is 0 Å². The van der Waals surface area contributed by atoms with Crippen LogP contribution in [0.2, 0.25) is 0 Å². The molecule has 1 N–H and O–H groups in total. The maximum Gasteiger partial charge on any atom is 0.234 e. The first-order valence-corrected chi connectivity index (χ1v) is 9.95. The summed E-state index contributed by atoms with van der Waals surface area (Å²) in [6.45, 7) is 2.96. The Bertz CT molecular complexity index is 616. The molecule has 0 aromatic heterocycles. The average molecular weight is 338 g/mol. The highest BCUT2D eigenvalue weighted by Gasteiger charge is 2.31. The highest BCUT2D eigenvalue weighted by Crippen LogP contribution is 2.18. The zero-order valence-corrected chi connectivity index (χ0v) is 14.7. The topological polar surface area (TPSA) is 66.5 Å². The first-order valence-electron chi connectivity index (χ1n) is 8.13. The minimum absolute atomic E-state index is 0.0400. The standard InChI is InChI=1S/C17H26N2O3S/c1-3-14(15-7-5-4-6-8-15)11-18-17(20)12-19(2)16-9-10-23(21,22)13-16/h4-8,14,16H,3,9-13H2,1-2H3,(H,18,20)/t14-,16-/m1/s1. The number of sulfone groups is 1. The number of amides is 1. The smallest absolute Gasteiger partial charge is 0.234 e. The van der Waals surface area contributed by atoms with Gasteiger partial charge in [0, 0.05) is 18.5 Å². The van der Waals surface area contributed by atoms with E-state index in [1.807, 2.05) is 30.1 Å². The largest absolute Gasteiger partial charge is 0.354 e. The molecule has 1 aromatic rings. The zero-order chi connectivity index (χ0) is 16.9. The van der Waals surface area contributed by atoms with E-state index in [0.29, 0.717) is 18.9 Å². The van der Waals surface area contributed by atoms with Crippen molar-refractivity contribution in [3.8, 4) is 0 Å². The van der Waals surface area contributed by atoms with Gasteiger partial charge < -0.3 is 5.32 Å². The highest BCUT2D eigenvalue weighted by atomic mass is 32.2. The second kappa shape index (κ2) is 7.93. The van der Waals surface area contributed by atoms with Crippen LogP contribution in [0.1, 0.15) is 31.2 Å². The molecule has 1 aliphatic heterocycles. The lowest BCUT2D eigenvalue weighted by atomic mass is 9.96. The van der Waals surface area contributed by atoms with E-state index in [2.05, 4.69) is 24.4 Å². The van der Waals surface area contributed by atoms with E-state index in [0.717, 1.165) is 6.42 Å². The van der Waals surface area contributed by atoms with E-state index in [9.17, 15) is 13.2 Å². The molecule has 128 valence electrons. The molecule has 0 spiro atoms. The van der Waals surface area contributed by atoms with Gasteiger partial charge in [-0.1, -0.05) is 37.3 Å². The maximum absolute atomic E-state index is 12.1. The quantitative estimate of drug-likeness (QED) is 0.816. The van der Waals surface area contributed by atoms with Crippen molar-refractivity contribution in [2.45, 2.75) is 31.7 Å². The summed E-state index contributed by atoms with van der Waals surface area (Å²) in [7, 11) is -1.10. The molecule has 1 heterocycles. The zero-order valence-electron chi connectivity index (χ0n) is 13.9. The van der Waals surface area contributed by atoms with Gasteiger partial charge in [0.2, 0.25) is 5.91 Å². The van der Waals surface area contributed by atoms with Crippen LogP contribution < -0.4 is 5.32 Å². The molecule has 1 aromatic carbocycles. The molecule has 2 atom stereocenters. The molecular formula is C17H26N2O3S. The molecule has 6 heteroatoms. The van der Waals surface area contributed by atoms with E-state index in [-0.39, 0.29) is 30.0 Å². The van der Waals surface area contributed by atoms with Crippen molar-refractivity contribution in [1.29, 1.82) is 0 Å². The van der Waals surface area contributed by atoms with Crippen LogP contribution in [-0.4, -0.2) is 56.9 Å². The Hall–Kier alpha value is -1.40. The Labute approximate surface area is 139 Å². The Morgan fingerprint density at radius 3 is 2.61 bits per heavy atom. The number of benzene rings is 1. The van der Waals surface area contributed by atoms with Crippen LogP contribution >= 0.6 is 0 Å². The van der Waals surface area contributed by atoms with Crippen molar-refractivity contribution in [2.75, 3.05) is 31.6 Å². The number of hydrogen-bond acceptors (Lipinski definition) is 4. The normalized spacial score (nSPS) is 21.3.